The number of aromatic nitrogens is 2. The molecule has 1 saturated carbocycles. The van der Waals surface area contributed by atoms with Crippen molar-refractivity contribution in [2.75, 3.05) is 0 Å². The van der Waals surface area contributed by atoms with E-state index in [-0.39, 0.29) is 6.04 Å². The average molecular weight is 285 g/mol. The summed E-state index contributed by atoms with van der Waals surface area (Å²) >= 11 is 0. The van der Waals surface area contributed by atoms with Crippen LogP contribution in [0.1, 0.15) is 61.8 Å². The van der Waals surface area contributed by atoms with E-state index in [1.807, 2.05) is 18.2 Å². The van der Waals surface area contributed by atoms with Gasteiger partial charge in [-0.1, -0.05) is 55.3 Å². The van der Waals surface area contributed by atoms with E-state index in [0.29, 0.717) is 11.8 Å². The van der Waals surface area contributed by atoms with E-state index in [0.717, 1.165) is 31.0 Å². The molecule has 1 aliphatic rings. The van der Waals surface area contributed by atoms with Crippen LogP contribution in [0.4, 0.5) is 0 Å². The minimum absolute atomic E-state index is 0.227. The second kappa shape index (κ2) is 6.39. The molecule has 0 radical (unpaired) electrons. The summed E-state index contributed by atoms with van der Waals surface area (Å²) in [6, 6.07) is 9.95. The fourth-order valence-corrected chi connectivity index (χ4v) is 3.19. The first-order valence-corrected chi connectivity index (χ1v) is 7.85. The van der Waals surface area contributed by atoms with Gasteiger partial charge in [-0.15, -0.1) is 0 Å². The number of nitrogens with zero attached hydrogens (tertiary/aromatic N) is 2. The quantitative estimate of drug-likeness (QED) is 0.932. The normalized spacial score (nSPS) is 23.9. The maximum Gasteiger partial charge on any atom is 0.243 e. The number of hydrogen-bond donors (Lipinski definition) is 1. The zero-order valence-electron chi connectivity index (χ0n) is 12.5. The second-order valence-corrected chi connectivity index (χ2v) is 6.26. The minimum Gasteiger partial charge on any atom is -0.338 e. The maximum atomic E-state index is 6.20. The van der Waals surface area contributed by atoms with Gasteiger partial charge in [-0.25, -0.2) is 0 Å². The maximum absolute atomic E-state index is 6.20. The number of benzene rings is 1. The van der Waals surface area contributed by atoms with Crippen LogP contribution in [-0.4, -0.2) is 10.1 Å². The Balaban J connectivity index is 1.66. The Morgan fingerprint density at radius 3 is 2.86 bits per heavy atom. The number of nitrogens with two attached hydrogens (primary N) is 1. The predicted molar refractivity (Wildman–Crippen MR) is 81.7 cm³/mol. The molecule has 1 heterocycles. The van der Waals surface area contributed by atoms with Gasteiger partial charge in [0, 0.05) is 5.92 Å². The molecular formula is C17H23N3O. The summed E-state index contributed by atoms with van der Waals surface area (Å²) in [5.41, 5.74) is 7.39. The molecule has 4 nitrogen and oxygen atoms in total. The highest BCUT2D eigenvalue weighted by atomic mass is 16.5. The summed E-state index contributed by atoms with van der Waals surface area (Å²) in [5, 5.41) is 4.17. The van der Waals surface area contributed by atoms with Crippen LogP contribution in [0.25, 0.3) is 0 Å². The van der Waals surface area contributed by atoms with Crippen molar-refractivity contribution in [3.8, 4) is 0 Å². The Morgan fingerprint density at radius 1 is 1.29 bits per heavy atom. The van der Waals surface area contributed by atoms with Crippen LogP contribution in [0.15, 0.2) is 34.9 Å². The Morgan fingerprint density at radius 2 is 2.10 bits per heavy atom. The first-order chi connectivity index (χ1) is 10.2. The van der Waals surface area contributed by atoms with Crippen molar-refractivity contribution >= 4 is 0 Å². The predicted octanol–water partition coefficient (Wildman–Crippen LogP) is 3.61. The molecule has 3 rings (SSSR count). The van der Waals surface area contributed by atoms with Gasteiger partial charge >= 0.3 is 0 Å². The first kappa shape index (κ1) is 14.3. The fraction of sp³-hybridized carbons (Fsp3) is 0.529. The van der Waals surface area contributed by atoms with Crippen LogP contribution in [0.5, 0.6) is 0 Å². The highest BCUT2D eigenvalue weighted by Crippen LogP contribution is 2.34. The largest absolute Gasteiger partial charge is 0.338 e. The lowest BCUT2D eigenvalue weighted by molar-refractivity contribution is 0.315. The topological polar surface area (TPSA) is 64.9 Å². The summed E-state index contributed by atoms with van der Waals surface area (Å²) < 4.78 is 5.40. The third kappa shape index (κ3) is 3.50. The summed E-state index contributed by atoms with van der Waals surface area (Å²) in [5.74, 6) is 2.60. The third-order valence-electron chi connectivity index (χ3n) is 4.37. The van der Waals surface area contributed by atoms with E-state index < -0.39 is 0 Å². The van der Waals surface area contributed by atoms with Crippen molar-refractivity contribution in [2.45, 2.75) is 51.0 Å². The fourth-order valence-electron chi connectivity index (χ4n) is 3.19. The van der Waals surface area contributed by atoms with Crippen molar-refractivity contribution in [2.24, 2.45) is 11.7 Å². The zero-order chi connectivity index (χ0) is 14.7. The molecule has 0 aliphatic heterocycles. The van der Waals surface area contributed by atoms with E-state index in [1.54, 1.807) is 0 Å². The standard InChI is InChI=1S/C17H23N3O/c1-12-6-5-9-14(10-12)16-19-17(21-20-16)15(18)11-13-7-3-2-4-8-13/h2-4,7-8,12,14-15H,5-6,9-11,18H2,1H3. The van der Waals surface area contributed by atoms with Crippen LogP contribution >= 0.6 is 0 Å². The van der Waals surface area contributed by atoms with Gasteiger partial charge in [0.05, 0.1) is 6.04 Å². The van der Waals surface area contributed by atoms with Crippen LogP contribution in [-0.2, 0) is 6.42 Å². The summed E-state index contributed by atoms with van der Waals surface area (Å²) in [6.07, 6.45) is 5.62. The Bertz CT molecular complexity index is 566. The van der Waals surface area contributed by atoms with Crippen molar-refractivity contribution < 1.29 is 4.52 Å². The lowest BCUT2D eigenvalue weighted by Crippen LogP contribution is -2.15. The van der Waals surface area contributed by atoms with E-state index in [9.17, 15) is 0 Å². The highest BCUT2D eigenvalue weighted by Gasteiger charge is 2.25. The Hall–Kier alpha value is -1.68. The van der Waals surface area contributed by atoms with Gasteiger partial charge in [-0.05, 0) is 30.7 Å². The molecule has 1 aromatic heterocycles. The molecule has 21 heavy (non-hydrogen) atoms. The van der Waals surface area contributed by atoms with E-state index in [2.05, 4.69) is 29.2 Å². The third-order valence-corrected chi connectivity index (χ3v) is 4.37. The first-order valence-electron chi connectivity index (χ1n) is 7.85. The number of rotatable bonds is 4. The monoisotopic (exact) mass is 285 g/mol. The molecule has 2 N–H and O–H groups in total. The van der Waals surface area contributed by atoms with E-state index in [1.165, 1.54) is 18.4 Å². The Kier molecular flexibility index (Phi) is 4.34. The van der Waals surface area contributed by atoms with Gasteiger partial charge in [-0.2, -0.15) is 4.98 Å². The van der Waals surface area contributed by atoms with E-state index >= 15 is 0 Å². The van der Waals surface area contributed by atoms with Gasteiger partial charge in [0.2, 0.25) is 5.89 Å². The summed E-state index contributed by atoms with van der Waals surface area (Å²) in [6.45, 7) is 2.30. The number of hydrogen-bond acceptors (Lipinski definition) is 4. The molecular weight excluding hydrogens is 262 g/mol. The van der Waals surface area contributed by atoms with Gasteiger partial charge in [0.15, 0.2) is 5.82 Å². The molecule has 0 saturated heterocycles. The smallest absolute Gasteiger partial charge is 0.243 e. The van der Waals surface area contributed by atoms with Crippen LogP contribution in [0.2, 0.25) is 0 Å². The molecule has 2 aromatic rings. The molecule has 3 unspecified atom stereocenters. The van der Waals surface area contributed by atoms with Crippen molar-refractivity contribution in [1.29, 1.82) is 0 Å². The van der Waals surface area contributed by atoms with E-state index in [4.69, 9.17) is 10.3 Å². The summed E-state index contributed by atoms with van der Waals surface area (Å²) in [4.78, 5) is 4.56. The van der Waals surface area contributed by atoms with Gasteiger partial charge in [0.25, 0.3) is 0 Å². The molecule has 0 amide bonds. The lowest BCUT2D eigenvalue weighted by atomic mass is 9.82. The van der Waals surface area contributed by atoms with Crippen molar-refractivity contribution in [3.63, 3.8) is 0 Å². The lowest BCUT2D eigenvalue weighted by Gasteiger charge is -2.23. The van der Waals surface area contributed by atoms with Crippen LogP contribution < -0.4 is 5.73 Å². The Labute approximate surface area is 125 Å². The SMILES string of the molecule is CC1CCCC(c2noc(C(N)Cc3ccccc3)n2)C1. The van der Waals surface area contributed by atoms with Gasteiger partial charge in [0.1, 0.15) is 0 Å². The van der Waals surface area contributed by atoms with Gasteiger partial charge in [-0.3, -0.25) is 0 Å². The average Bonchev–Trinajstić information content (AvgIpc) is 2.98. The molecule has 1 aliphatic carbocycles. The van der Waals surface area contributed by atoms with Crippen molar-refractivity contribution in [3.05, 3.63) is 47.6 Å². The van der Waals surface area contributed by atoms with Crippen molar-refractivity contribution in [1.82, 2.24) is 10.1 Å². The second-order valence-electron chi connectivity index (χ2n) is 6.26. The highest BCUT2D eigenvalue weighted by molar-refractivity contribution is 5.17. The molecule has 1 fully saturated rings. The van der Waals surface area contributed by atoms with Crippen LogP contribution in [0, 0.1) is 5.92 Å². The molecule has 4 heteroatoms. The molecule has 112 valence electrons. The minimum atomic E-state index is -0.227. The summed E-state index contributed by atoms with van der Waals surface area (Å²) in [7, 11) is 0. The molecule has 1 aromatic carbocycles. The molecule has 0 spiro atoms. The van der Waals surface area contributed by atoms with Gasteiger partial charge < -0.3 is 10.3 Å². The molecule has 3 atom stereocenters. The zero-order valence-corrected chi connectivity index (χ0v) is 12.5. The van der Waals surface area contributed by atoms with Crippen LogP contribution in [0.3, 0.4) is 0 Å². The molecule has 0 bridgehead atoms.